The highest BCUT2D eigenvalue weighted by molar-refractivity contribution is 5.75. The molecule has 1 aromatic heterocycles. The second-order valence-electron chi connectivity index (χ2n) is 2.72. The van der Waals surface area contributed by atoms with Crippen LogP contribution in [0.2, 0.25) is 0 Å². The molecular weight excluding hydrogens is 168 g/mol. The van der Waals surface area contributed by atoms with Gasteiger partial charge in [-0.05, 0) is 25.1 Å². The zero-order valence-corrected chi connectivity index (χ0v) is 7.18. The van der Waals surface area contributed by atoms with Crippen molar-refractivity contribution in [3.8, 4) is 0 Å². The van der Waals surface area contributed by atoms with Crippen LogP contribution in [0.1, 0.15) is 18.0 Å². The monoisotopic (exact) mass is 180 g/mol. The lowest BCUT2D eigenvalue weighted by molar-refractivity contribution is -0.139. The van der Waals surface area contributed by atoms with Crippen molar-refractivity contribution in [1.29, 1.82) is 0 Å². The van der Waals surface area contributed by atoms with Crippen molar-refractivity contribution in [3.05, 3.63) is 30.1 Å². The van der Waals surface area contributed by atoms with E-state index in [-0.39, 0.29) is 0 Å². The van der Waals surface area contributed by atoms with Crippen molar-refractivity contribution in [2.75, 3.05) is 6.54 Å². The van der Waals surface area contributed by atoms with E-state index in [0.717, 1.165) is 0 Å². The molecule has 0 aliphatic rings. The summed E-state index contributed by atoms with van der Waals surface area (Å²) in [7, 11) is 0. The quantitative estimate of drug-likeness (QED) is 0.711. The highest BCUT2D eigenvalue weighted by atomic mass is 16.4. The van der Waals surface area contributed by atoms with E-state index in [1.165, 1.54) is 0 Å². The van der Waals surface area contributed by atoms with Crippen molar-refractivity contribution in [1.82, 2.24) is 4.98 Å². The third-order valence-electron chi connectivity index (χ3n) is 1.80. The van der Waals surface area contributed by atoms with E-state index in [9.17, 15) is 4.79 Å². The smallest absolute Gasteiger partial charge is 0.312 e. The van der Waals surface area contributed by atoms with Gasteiger partial charge in [0.25, 0.3) is 0 Å². The van der Waals surface area contributed by atoms with Crippen LogP contribution < -0.4 is 5.73 Å². The van der Waals surface area contributed by atoms with Crippen molar-refractivity contribution < 1.29 is 9.90 Å². The number of nitrogens with two attached hydrogens (primary N) is 1. The topological polar surface area (TPSA) is 76.2 Å². The van der Waals surface area contributed by atoms with E-state index in [1.54, 1.807) is 24.4 Å². The molecule has 13 heavy (non-hydrogen) atoms. The first-order valence-electron chi connectivity index (χ1n) is 4.09. The number of aliphatic carboxylic acids is 1. The molecule has 1 unspecified atom stereocenters. The number of nitrogens with zero attached hydrogens (tertiary/aromatic N) is 1. The molecule has 0 radical (unpaired) electrons. The highest BCUT2D eigenvalue weighted by Crippen LogP contribution is 2.16. The van der Waals surface area contributed by atoms with Gasteiger partial charge in [0.05, 0.1) is 5.69 Å². The fourth-order valence-electron chi connectivity index (χ4n) is 1.15. The molecule has 70 valence electrons. The third kappa shape index (κ3) is 2.52. The number of rotatable bonds is 4. The second-order valence-corrected chi connectivity index (χ2v) is 2.72. The Morgan fingerprint density at radius 2 is 2.38 bits per heavy atom. The summed E-state index contributed by atoms with van der Waals surface area (Å²) in [5.74, 6) is -1.45. The third-order valence-corrected chi connectivity index (χ3v) is 1.80. The number of aromatic nitrogens is 1. The summed E-state index contributed by atoms with van der Waals surface area (Å²) in [6.07, 6.45) is 2.01. The number of carboxylic acids is 1. The number of hydrogen-bond donors (Lipinski definition) is 2. The predicted molar refractivity (Wildman–Crippen MR) is 48.3 cm³/mol. The molecule has 0 fully saturated rings. The number of hydrogen-bond acceptors (Lipinski definition) is 3. The number of pyridine rings is 1. The average Bonchev–Trinajstić information content (AvgIpc) is 2.15. The summed E-state index contributed by atoms with van der Waals surface area (Å²) in [6.45, 7) is 0.355. The summed E-state index contributed by atoms with van der Waals surface area (Å²) < 4.78 is 0. The van der Waals surface area contributed by atoms with Crippen LogP contribution in [0.25, 0.3) is 0 Å². The van der Waals surface area contributed by atoms with Crippen LogP contribution in [-0.2, 0) is 4.79 Å². The maximum atomic E-state index is 10.8. The molecule has 0 aliphatic carbocycles. The lowest BCUT2D eigenvalue weighted by Gasteiger charge is -2.09. The van der Waals surface area contributed by atoms with Crippen LogP contribution in [0, 0.1) is 0 Å². The number of carboxylic acid groups (broad SMARTS) is 1. The van der Waals surface area contributed by atoms with Crippen LogP contribution >= 0.6 is 0 Å². The zero-order valence-electron chi connectivity index (χ0n) is 7.18. The minimum Gasteiger partial charge on any atom is -0.481 e. The Morgan fingerprint density at radius 3 is 2.85 bits per heavy atom. The Morgan fingerprint density at radius 1 is 1.62 bits per heavy atom. The second kappa shape index (κ2) is 4.57. The Balaban J connectivity index is 2.82. The van der Waals surface area contributed by atoms with Gasteiger partial charge in [0.2, 0.25) is 0 Å². The van der Waals surface area contributed by atoms with Crippen molar-refractivity contribution in [3.63, 3.8) is 0 Å². The van der Waals surface area contributed by atoms with Crippen molar-refractivity contribution in [2.45, 2.75) is 12.3 Å². The van der Waals surface area contributed by atoms with Crippen molar-refractivity contribution >= 4 is 5.97 Å². The minimum atomic E-state index is -0.871. The summed E-state index contributed by atoms with van der Waals surface area (Å²) in [5, 5.41) is 8.86. The zero-order chi connectivity index (χ0) is 9.68. The first-order valence-corrected chi connectivity index (χ1v) is 4.09. The van der Waals surface area contributed by atoms with Gasteiger partial charge in [-0.2, -0.15) is 0 Å². The molecule has 0 spiro atoms. The van der Waals surface area contributed by atoms with E-state index in [2.05, 4.69) is 4.98 Å². The number of carbonyl (C=O) groups is 1. The van der Waals surface area contributed by atoms with Gasteiger partial charge >= 0.3 is 5.97 Å². The largest absolute Gasteiger partial charge is 0.481 e. The van der Waals surface area contributed by atoms with Crippen LogP contribution in [-0.4, -0.2) is 22.6 Å². The van der Waals surface area contributed by atoms with Crippen LogP contribution in [0.3, 0.4) is 0 Å². The predicted octanol–water partition coefficient (Wildman–Crippen LogP) is 0.599. The summed E-state index contributed by atoms with van der Waals surface area (Å²) in [4.78, 5) is 14.8. The van der Waals surface area contributed by atoms with E-state index in [1.807, 2.05) is 0 Å². The normalized spacial score (nSPS) is 12.4. The Kier molecular flexibility index (Phi) is 3.40. The van der Waals surface area contributed by atoms with Gasteiger partial charge in [-0.1, -0.05) is 6.07 Å². The molecule has 0 aromatic carbocycles. The first-order chi connectivity index (χ1) is 6.25. The maximum Gasteiger partial charge on any atom is 0.312 e. The van der Waals surface area contributed by atoms with Crippen LogP contribution in [0.4, 0.5) is 0 Å². The van der Waals surface area contributed by atoms with E-state index in [0.29, 0.717) is 18.7 Å². The molecule has 0 saturated heterocycles. The highest BCUT2D eigenvalue weighted by Gasteiger charge is 2.19. The molecule has 0 saturated carbocycles. The fraction of sp³-hybridized carbons (Fsp3) is 0.333. The summed E-state index contributed by atoms with van der Waals surface area (Å²) >= 11 is 0. The van der Waals surface area contributed by atoms with Gasteiger partial charge in [0, 0.05) is 6.20 Å². The molecule has 1 rings (SSSR count). The molecule has 1 aromatic rings. The Hall–Kier alpha value is -1.42. The minimum absolute atomic E-state index is 0.355. The van der Waals surface area contributed by atoms with Gasteiger partial charge in [-0.3, -0.25) is 9.78 Å². The lowest BCUT2D eigenvalue weighted by atomic mass is 10.0. The van der Waals surface area contributed by atoms with Crippen LogP contribution in [0.15, 0.2) is 24.4 Å². The fourth-order valence-corrected chi connectivity index (χ4v) is 1.15. The molecule has 0 amide bonds. The SMILES string of the molecule is NCCC(C(=O)O)c1ccccn1. The summed E-state index contributed by atoms with van der Waals surface area (Å²) in [6, 6.07) is 5.23. The molecule has 1 atom stereocenters. The van der Waals surface area contributed by atoms with Crippen molar-refractivity contribution in [2.24, 2.45) is 5.73 Å². The molecule has 4 nitrogen and oxygen atoms in total. The van der Waals surface area contributed by atoms with Gasteiger partial charge < -0.3 is 10.8 Å². The average molecular weight is 180 g/mol. The van der Waals surface area contributed by atoms with E-state index < -0.39 is 11.9 Å². The van der Waals surface area contributed by atoms with Gasteiger partial charge in [-0.25, -0.2) is 0 Å². The Bertz CT molecular complexity index is 274. The molecular formula is C9H12N2O2. The van der Waals surface area contributed by atoms with E-state index in [4.69, 9.17) is 10.8 Å². The van der Waals surface area contributed by atoms with Crippen LogP contribution in [0.5, 0.6) is 0 Å². The lowest BCUT2D eigenvalue weighted by Crippen LogP contribution is -2.17. The van der Waals surface area contributed by atoms with Gasteiger partial charge in [0.15, 0.2) is 0 Å². The van der Waals surface area contributed by atoms with Gasteiger partial charge in [-0.15, -0.1) is 0 Å². The molecule has 0 aliphatic heterocycles. The standard InChI is InChI=1S/C9H12N2O2/c10-5-4-7(9(12)13)8-3-1-2-6-11-8/h1-3,6-7H,4-5,10H2,(H,12,13). The van der Waals surface area contributed by atoms with E-state index >= 15 is 0 Å². The van der Waals surface area contributed by atoms with Gasteiger partial charge in [0.1, 0.15) is 5.92 Å². The Labute approximate surface area is 76.4 Å². The molecule has 4 heteroatoms. The molecule has 1 heterocycles. The maximum absolute atomic E-state index is 10.8. The first kappa shape index (κ1) is 9.67. The summed E-state index contributed by atoms with van der Waals surface area (Å²) in [5.41, 5.74) is 5.88. The molecule has 0 bridgehead atoms. The molecule has 3 N–H and O–H groups in total.